The van der Waals surface area contributed by atoms with E-state index < -0.39 is 10.0 Å². The van der Waals surface area contributed by atoms with E-state index in [0.29, 0.717) is 18.8 Å². The highest BCUT2D eigenvalue weighted by atomic mass is 32.2. The summed E-state index contributed by atoms with van der Waals surface area (Å²) >= 11 is 0. The molecule has 1 aromatic carbocycles. The van der Waals surface area contributed by atoms with Crippen LogP contribution in [-0.2, 0) is 10.0 Å². The Morgan fingerprint density at radius 2 is 1.86 bits per heavy atom. The Hall–Kier alpha value is -1.76. The first-order valence-electron chi connectivity index (χ1n) is 7.18. The number of nitrogens with two attached hydrogens (primary N) is 1. The molecular formula is C14H22N4O2S. The molecule has 0 amide bonds. The van der Waals surface area contributed by atoms with Gasteiger partial charge in [-0.05, 0) is 30.7 Å². The maximum absolute atomic E-state index is 12.5. The lowest BCUT2D eigenvalue weighted by molar-refractivity contribution is 0.439. The summed E-state index contributed by atoms with van der Waals surface area (Å²) in [5.41, 5.74) is 6.10. The number of hydrogen-bond donors (Lipinski definition) is 2. The summed E-state index contributed by atoms with van der Waals surface area (Å²) in [5.74, 6) is 0.0722. The van der Waals surface area contributed by atoms with E-state index in [1.807, 2.05) is 4.90 Å². The van der Waals surface area contributed by atoms with Gasteiger partial charge in [-0.15, -0.1) is 0 Å². The van der Waals surface area contributed by atoms with Crippen molar-refractivity contribution in [2.24, 2.45) is 0 Å². The third-order valence-corrected chi connectivity index (χ3v) is 5.41. The summed E-state index contributed by atoms with van der Waals surface area (Å²) in [5, 5.41) is 8.09. The van der Waals surface area contributed by atoms with Crippen molar-refractivity contribution in [1.29, 1.82) is 5.41 Å². The quantitative estimate of drug-likeness (QED) is 0.618. The number of sulfonamides is 1. The van der Waals surface area contributed by atoms with Gasteiger partial charge in [-0.1, -0.05) is 19.8 Å². The lowest BCUT2D eigenvalue weighted by Crippen LogP contribution is -2.37. The van der Waals surface area contributed by atoms with E-state index in [-0.39, 0.29) is 10.9 Å². The molecule has 3 N–H and O–H groups in total. The first-order chi connectivity index (χ1) is 9.96. The van der Waals surface area contributed by atoms with Gasteiger partial charge < -0.3 is 10.6 Å². The van der Waals surface area contributed by atoms with Crippen LogP contribution in [0.25, 0.3) is 0 Å². The van der Waals surface area contributed by atoms with Crippen molar-refractivity contribution in [3.63, 3.8) is 0 Å². The zero-order chi connectivity index (χ0) is 15.5. The molecular weight excluding hydrogens is 288 g/mol. The maximum atomic E-state index is 12.5. The largest absolute Gasteiger partial charge is 0.399 e. The van der Waals surface area contributed by atoms with Crippen molar-refractivity contribution in [1.82, 2.24) is 9.21 Å². The topological polar surface area (TPSA) is 90.5 Å². The number of nitrogens with one attached hydrogen (secondary N) is 1. The number of anilines is 1. The third-order valence-electron chi connectivity index (χ3n) is 3.61. The average Bonchev–Trinajstić information content (AvgIpc) is 2.82. The van der Waals surface area contributed by atoms with E-state index in [0.717, 1.165) is 25.8 Å². The van der Waals surface area contributed by atoms with E-state index >= 15 is 0 Å². The zero-order valence-corrected chi connectivity index (χ0v) is 13.1. The van der Waals surface area contributed by atoms with Crippen molar-refractivity contribution in [3.05, 3.63) is 24.3 Å². The third kappa shape index (κ3) is 3.29. The average molecular weight is 310 g/mol. The van der Waals surface area contributed by atoms with Crippen LogP contribution in [0.4, 0.5) is 5.69 Å². The minimum atomic E-state index is -3.66. The minimum absolute atomic E-state index is 0.0722. The fourth-order valence-corrected chi connectivity index (χ4v) is 3.75. The molecule has 2 rings (SSSR count). The molecule has 7 heteroatoms. The zero-order valence-electron chi connectivity index (χ0n) is 12.2. The highest BCUT2D eigenvalue weighted by molar-refractivity contribution is 7.89. The van der Waals surface area contributed by atoms with Gasteiger partial charge in [0.2, 0.25) is 5.96 Å². The molecule has 0 saturated carbocycles. The summed E-state index contributed by atoms with van der Waals surface area (Å²) in [4.78, 5) is 2.00. The van der Waals surface area contributed by atoms with Crippen LogP contribution in [0.2, 0.25) is 0 Å². The highest BCUT2D eigenvalue weighted by Gasteiger charge is 2.34. The normalized spacial score (nSPS) is 15.8. The van der Waals surface area contributed by atoms with Gasteiger partial charge in [0, 0.05) is 18.8 Å². The fraction of sp³-hybridized carbons (Fsp3) is 0.500. The Bertz CT molecular complexity index is 598. The number of rotatable bonds is 6. The molecule has 1 aliphatic rings. The van der Waals surface area contributed by atoms with Crippen molar-refractivity contribution in [2.45, 2.75) is 31.1 Å². The molecule has 1 heterocycles. The molecule has 1 aromatic rings. The van der Waals surface area contributed by atoms with Crippen molar-refractivity contribution < 1.29 is 8.42 Å². The summed E-state index contributed by atoms with van der Waals surface area (Å²) in [6, 6.07) is 6.09. The molecule has 0 aliphatic carbocycles. The second-order valence-electron chi connectivity index (χ2n) is 5.16. The lowest BCUT2D eigenvalue weighted by Gasteiger charge is -2.21. The Kier molecular flexibility index (Phi) is 4.72. The van der Waals surface area contributed by atoms with Gasteiger partial charge in [-0.25, -0.2) is 12.7 Å². The summed E-state index contributed by atoms with van der Waals surface area (Å²) < 4.78 is 26.3. The highest BCUT2D eigenvalue weighted by Crippen LogP contribution is 2.21. The minimum Gasteiger partial charge on any atom is -0.399 e. The van der Waals surface area contributed by atoms with Crippen LogP contribution in [0, 0.1) is 5.41 Å². The number of hydrogen-bond acceptors (Lipinski definition) is 4. The van der Waals surface area contributed by atoms with Gasteiger partial charge in [0.05, 0.1) is 11.4 Å². The first kappa shape index (κ1) is 15.6. The molecule has 116 valence electrons. The lowest BCUT2D eigenvalue weighted by atomic mass is 10.2. The smallest absolute Gasteiger partial charge is 0.266 e. The second-order valence-corrected chi connectivity index (χ2v) is 7.03. The monoisotopic (exact) mass is 310 g/mol. The standard InChI is InChI=1S/C14H22N4O2S/c1-2-3-4-9-17-10-11-18(14(17)16)21(19,20)13-7-5-12(15)6-8-13/h5-8,16H,2-4,9-11,15H2,1H3. The molecule has 0 unspecified atom stereocenters. The number of nitrogen functional groups attached to an aromatic ring is 1. The molecule has 0 atom stereocenters. The SMILES string of the molecule is CCCCCN1CCN(S(=O)(=O)c2ccc(N)cc2)C1=N. The number of unbranched alkanes of at least 4 members (excludes halogenated alkanes) is 2. The molecule has 0 bridgehead atoms. The van der Waals surface area contributed by atoms with E-state index in [1.54, 1.807) is 12.1 Å². The van der Waals surface area contributed by atoms with E-state index in [4.69, 9.17) is 11.1 Å². The van der Waals surface area contributed by atoms with Crippen molar-refractivity contribution >= 4 is 21.7 Å². The molecule has 1 saturated heterocycles. The molecule has 21 heavy (non-hydrogen) atoms. The van der Waals surface area contributed by atoms with Gasteiger partial charge in [-0.3, -0.25) is 5.41 Å². The molecule has 0 radical (unpaired) electrons. The van der Waals surface area contributed by atoms with Gasteiger partial charge in [0.15, 0.2) is 0 Å². The van der Waals surface area contributed by atoms with E-state index in [2.05, 4.69) is 6.92 Å². The number of nitrogens with zero attached hydrogens (tertiary/aromatic N) is 2. The Labute approximate surface area is 126 Å². The van der Waals surface area contributed by atoms with Gasteiger partial charge in [0.1, 0.15) is 0 Å². The van der Waals surface area contributed by atoms with Gasteiger partial charge in [-0.2, -0.15) is 0 Å². The van der Waals surface area contributed by atoms with Crippen LogP contribution in [-0.4, -0.2) is 43.2 Å². The predicted octanol–water partition coefficient (Wildman–Crippen LogP) is 1.70. The molecule has 0 aromatic heterocycles. The Morgan fingerprint density at radius 1 is 1.19 bits per heavy atom. The molecule has 0 spiro atoms. The number of benzene rings is 1. The summed E-state index contributed by atoms with van der Waals surface area (Å²) in [6.45, 7) is 3.77. The molecule has 6 nitrogen and oxygen atoms in total. The molecule has 1 fully saturated rings. The maximum Gasteiger partial charge on any atom is 0.266 e. The number of guanidine groups is 1. The summed E-state index contributed by atoms with van der Waals surface area (Å²) in [7, 11) is -3.66. The van der Waals surface area contributed by atoms with Gasteiger partial charge >= 0.3 is 0 Å². The van der Waals surface area contributed by atoms with E-state index in [1.165, 1.54) is 16.4 Å². The first-order valence-corrected chi connectivity index (χ1v) is 8.62. The fourth-order valence-electron chi connectivity index (χ4n) is 2.35. The van der Waals surface area contributed by atoms with Crippen LogP contribution in [0.1, 0.15) is 26.2 Å². The van der Waals surface area contributed by atoms with Crippen LogP contribution >= 0.6 is 0 Å². The van der Waals surface area contributed by atoms with Crippen LogP contribution < -0.4 is 5.73 Å². The van der Waals surface area contributed by atoms with Crippen molar-refractivity contribution in [3.8, 4) is 0 Å². The second kappa shape index (κ2) is 6.34. The van der Waals surface area contributed by atoms with Crippen LogP contribution in [0.5, 0.6) is 0 Å². The van der Waals surface area contributed by atoms with Crippen LogP contribution in [0.3, 0.4) is 0 Å². The van der Waals surface area contributed by atoms with Gasteiger partial charge in [0.25, 0.3) is 10.0 Å². The Balaban J connectivity index is 2.11. The van der Waals surface area contributed by atoms with E-state index in [9.17, 15) is 8.42 Å². The predicted molar refractivity (Wildman–Crippen MR) is 83.6 cm³/mol. The molecule has 1 aliphatic heterocycles. The van der Waals surface area contributed by atoms with Crippen LogP contribution in [0.15, 0.2) is 29.2 Å². The van der Waals surface area contributed by atoms with Crippen molar-refractivity contribution in [2.75, 3.05) is 25.4 Å². The summed E-state index contributed by atoms with van der Waals surface area (Å²) in [6.07, 6.45) is 3.18. The Morgan fingerprint density at radius 3 is 2.48 bits per heavy atom.